The van der Waals surface area contributed by atoms with E-state index < -0.39 is 17.5 Å². The zero-order valence-corrected chi connectivity index (χ0v) is 12.7. The first-order chi connectivity index (χ1) is 9.38. The van der Waals surface area contributed by atoms with Gasteiger partial charge in [-0.25, -0.2) is 13.8 Å². The van der Waals surface area contributed by atoms with Crippen molar-refractivity contribution >= 4 is 50.7 Å². The molecule has 0 spiro atoms. The molecule has 20 heavy (non-hydrogen) atoms. The van der Waals surface area contributed by atoms with Gasteiger partial charge in [0.2, 0.25) is 0 Å². The summed E-state index contributed by atoms with van der Waals surface area (Å²) >= 11 is 14.4. The second-order valence-electron chi connectivity index (χ2n) is 3.66. The first-order valence-electron chi connectivity index (χ1n) is 5.16. The molecular weight excluding hydrogens is 377 g/mol. The number of carbonyl (C=O) groups is 1. The van der Waals surface area contributed by atoms with Crippen LogP contribution in [0.4, 0.5) is 14.5 Å². The number of amides is 1. The minimum absolute atomic E-state index is 0.0133. The Balaban J connectivity index is 2.32. The van der Waals surface area contributed by atoms with Crippen LogP contribution in [0.15, 0.2) is 28.7 Å². The molecule has 3 nitrogen and oxygen atoms in total. The number of aromatic nitrogens is 1. The summed E-state index contributed by atoms with van der Waals surface area (Å²) in [5.74, 6) is -2.45. The van der Waals surface area contributed by atoms with Gasteiger partial charge in [-0.1, -0.05) is 23.2 Å². The number of anilines is 1. The number of hydrogen-bond acceptors (Lipinski definition) is 2. The van der Waals surface area contributed by atoms with E-state index in [1.807, 2.05) is 0 Å². The summed E-state index contributed by atoms with van der Waals surface area (Å²) in [5, 5.41) is 2.38. The van der Waals surface area contributed by atoms with Crippen molar-refractivity contribution in [2.75, 3.05) is 5.32 Å². The molecule has 0 atom stereocenters. The summed E-state index contributed by atoms with van der Waals surface area (Å²) < 4.78 is 26.6. The van der Waals surface area contributed by atoms with Crippen LogP contribution in [0.2, 0.25) is 10.2 Å². The van der Waals surface area contributed by atoms with E-state index in [0.29, 0.717) is 6.07 Å². The molecule has 1 aromatic carbocycles. The van der Waals surface area contributed by atoms with Crippen molar-refractivity contribution in [1.29, 1.82) is 0 Å². The van der Waals surface area contributed by atoms with Crippen molar-refractivity contribution in [2.24, 2.45) is 0 Å². The maximum atomic E-state index is 13.5. The average molecular weight is 382 g/mol. The number of halogens is 5. The highest BCUT2D eigenvalue weighted by atomic mass is 79.9. The molecule has 1 aromatic heterocycles. The van der Waals surface area contributed by atoms with Crippen molar-refractivity contribution < 1.29 is 13.6 Å². The second-order valence-corrected chi connectivity index (χ2v) is 5.31. The lowest BCUT2D eigenvalue weighted by Crippen LogP contribution is -2.15. The molecular formula is C12H5BrCl2F2N2O. The Morgan fingerprint density at radius 3 is 2.60 bits per heavy atom. The van der Waals surface area contributed by atoms with E-state index in [1.54, 1.807) is 0 Å². The van der Waals surface area contributed by atoms with Crippen LogP contribution in [-0.4, -0.2) is 10.9 Å². The molecule has 1 heterocycles. The lowest BCUT2D eigenvalue weighted by molar-refractivity contribution is 0.102. The molecule has 0 unspecified atom stereocenters. The van der Waals surface area contributed by atoms with Crippen LogP contribution in [-0.2, 0) is 0 Å². The lowest BCUT2D eigenvalue weighted by atomic mass is 10.2. The van der Waals surface area contributed by atoms with Crippen molar-refractivity contribution in [3.05, 3.63) is 56.2 Å². The highest BCUT2D eigenvalue weighted by molar-refractivity contribution is 9.10. The number of rotatable bonds is 2. The van der Waals surface area contributed by atoms with Gasteiger partial charge in [0.25, 0.3) is 5.91 Å². The minimum Gasteiger partial charge on any atom is -0.318 e. The summed E-state index contributed by atoms with van der Waals surface area (Å²) in [6.45, 7) is 0. The third kappa shape index (κ3) is 3.26. The van der Waals surface area contributed by atoms with Crippen LogP contribution in [0.5, 0.6) is 0 Å². The highest BCUT2D eigenvalue weighted by Crippen LogP contribution is 2.25. The largest absolute Gasteiger partial charge is 0.318 e. The zero-order chi connectivity index (χ0) is 14.9. The quantitative estimate of drug-likeness (QED) is 0.606. The summed E-state index contributed by atoms with van der Waals surface area (Å²) in [6.07, 6.45) is 0. The topological polar surface area (TPSA) is 42.0 Å². The van der Waals surface area contributed by atoms with Crippen molar-refractivity contribution in [1.82, 2.24) is 4.98 Å². The van der Waals surface area contributed by atoms with E-state index in [0.717, 1.165) is 6.07 Å². The fourth-order valence-electron chi connectivity index (χ4n) is 1.38. The third-order valence-electron chi connectivity index (χ3n) is 2.29. The van der Waals surface area contributed by atoms with Crippen LogP contribution >= 0.6 is 39.1 Å². The van der Waals surface area contributed by atoms with Gasteiger partial charge in [0, 0.05) is 6.07 Å². The van der Waals surface area contributed by atoms with E-state index in [-0.39, 0.29) is 26.0 Å². The molecule has 1 amide bonds. The first-order valence-corrected chi connectivity index (χ1v) is 6.71. The monoisotopic (exact) mass is 380 g/mol. The number of pyridine rings is 1. The Labute approximate surface area is 131 Å². The van der Waals surface area contributed by atoms with Gasteiger partial charge in [-0.2, -0.15) is 0 Å². The SMILES string of the molecule is O=C(Nc1cc(Br)c(F)cc1F)c1nc(Cl)ccc1Cl. The van der Waals surface area contributed by atoms with Crippen molar-refractivity contribution in [3.63, 3.8) is 0 Å². The Morgan fingerprint density at radius 2 is 1.90 bits per heavy atom. The number of nitrogens with zero attached hydrogens (tertiary/aromatic N) is 1. The van der Waals surface area contributed by atoms with Gasteiger partial charge < -0.3 is 5.32 Å². The molecule has 8 heteroatoms. The molecule has 0 aliphatic rings. The maximum absolute atomic E-state index is 13.5. The molecule has 0 bridgehead atoms. The van der Waals surface area contributed by atoms with E-state index in [1.165, 1.54) is 12.1 Å². The van der Waals surface area contributed by atoms with Crippen LogP contribution < -0.4 is 5.32 Å². The Hall–Kier alpha value is -1.24. The van der Waals surface area contributed by atoms with Crippen molar-refractivity contribution in [3.8, 4) is 0 Å². The van der Waals surface area contributed by atoms with Gasteiger partial charge in [0.1, 0.15) is 22.5 Å². The molecule has 0 aliphatic carbocycles. The standard InChI is InChI=1S/C12H5BrCl2F2N2O/c13-5-3-9(8(17)4-7(5)16)18-12(20)11-6(14)1-2-10(15)19-11/h1-4H,(H,18,20). The normalized spacial score (nSPS) is 10.4. The summed E-state index contributed by atoms with van der Waals surface area (Å²) in [7, 11) is 0. The van der Waals surface area contributed by atoms with Crippen LogP contribution in [0.3, 0.4) is 0 Å². The van der Waals surface area contributed by atoms with Gasteiger partial charge in [0.15, 0.2) is 0 Å². The summed E-state index contributed by atoms with van der Waals surface area (Å²) in [6, 6.07) is 4.55. The second kappa shape index (κ2) is 6.03. The Morgan fingerprint density at radius 1 is 1.20 bits per heavy atom. The molecule has 2 rings (SSSR count). The molecule has 0 fully saturated rings. The van der Waals surface area contributed by atoms with E-state index >= 15 is 0 Å². The third-order valence-corrected chi connectivity index (χ3v) is 3.41. The highest BCUT2D eigenvalue weighted by Gasteiger charge is 2.16. The van der Waals surface area contributed by atoms with E-state index in [4.69, 9.17) is 23.2 Å². The molecule has 0 saturated heterocycles. The lowest BCUT2D eigenvalue weighted by Gasteiger charge is -2.08. The fourth-order valence-corrected chi connectivity index (χ4v) is 2.06. The number of carbonyl (C=O) groups excluding carboxylic acids is 1. The molecule has 0 radical (unpaired) electrons. The predicted octanol–water partition coefficient (Wildman–Crippen LogP) is 4.68. The summed E-state index contributed by atoms with van der Waals surface area (Å²) in [4.78, 5) is 15.7. The predicted molar refractivity (Wildman–Crippen MR) is 76.3 cm³/mol. The Bertz CT molecular complexity index is 697. The van der Waals surface area contributed by atoms with Crippen molar-refractivity contribution in [2.45, 2.75) is 0 Å². The average Bonchev–Trinajstić information content (AvgIpc) is 2.38. The van der Waals surface area contributed by atoms with Gasteiger partial charge in [-0.3, -0.25) is 4.79 Å². The van der Waals surface area contributed by atoms with Gasteiger partial charge in [-0.15, -0.1) is 0 Å². The summed E-state index contributed by atoms with van der Waals surface area (Å²) in [5.41, 5.74) is -0.361. The number of hydrogen-bond donors (Lipinski definition) is 1. The van der Waals surface area contributed by atoms with Gasteiger partial charge >= 0.3 is 0 Å². The van der Waals surface area contributed by atoms with Gasteiger partial charge in [-0.05, 0) is 34.1 Å². The molecule has 1 N–H and O–H groups in total. The Kier molecular flexibility index (Phi) is 4.57. The fraction of sp³-hybridized carbons (Fsp3) is 0. The smallest absolute Gasteiger partial charge is 0.275 e. The van der Waals surface area contributed by atoms with E-state index in [9.17, 15) is 13.6 Å². The number of nitrogens with one attached hydrogen (secondary N) is 1. The molecule has 2 aromatic rings. The molecule has 0 saturated carbocycles. The molecule has 0 aliphatic heterocycles. The molecule has 104 valence electrons. The minimum atomic E-state index is -0.919. The van der Waals surface area contributed by atoms with Gasteiger partial charge in [0.05, 0.1) is 15.2 Å². The van der Waals surface area contributed by atoms with Crippen LogP contribution in [0.25, 0.3) is 0 Å². The van der Waals surface area contributed by atoms with Crippen LogP contribution in [0.1, 0.15) is 10.5 Å². The number of benzene rings is 1. The van der Waals surface area contributed by atoms with E-state index in [2.05, 4.69) is 26.2 Å². The zero-order valence-electron chi connectivity index (χ0n) is 9.55. The first kappa shape index (κ1) is 15.2. The van der Waals surface area contributed by atoms with Crippen LogP contribution in [0, 0.1) is 11.6 Å². The maximum Gasteiger partial charge on any atom is 0.275 e.